The minimum Gasteiger partial charge on any atom is -0.465 e. The van der Waals surface area contributed by atoms with Crippen molar-refractivity contribution in [2.45, 2.75) is 12.6 Å². The molecule has 1 heterocycles. The molecule has 0 bridgehead atoms. The van der Waals surface area contributed by atoms with E-state index in [1.165, 1.54) is 0 Å². The number of alkyl halides is 5. The first kappa shape index (κ1) is 14.1. The predicted octanol–water partition coefficient (Wildman–Crippen LogP) is 2.41. The van der Waals surface area contributed by atoms with Crippen LogP contribution in [0.15, 0.2) is 6.20 Å². The van der Waals surface area contributed by atoms with Crippen molar-refractivity contribution in [3.63, 3.8) is 0 Å². The van der Waals surface area contributed by atoms with Crippen molar-refractivity contribution in [3.8, 4) is 0 Å². The lowest BCUT2D eigenvalue weighted by Gasteiger charge is -2.16. The molecule has 0 atom stereocenters. The lowest BCUT2D eigenvalue weighted by Crippen LogP contribution is -2.20. The molecule has 4 nitrogen and oxygen atoms in total. The molecule has 0 amide bonds. The Morgan fingerprint density at radius 2 is 2.00 bits per heavy atom. The standard InChI is InChI=1S/C9H7F5N2O2/c1-18-8(17)4-5(9(12,13)14)3(15)2-16-6(4)7(10)11/h2,7H,15H2,1H3. The van der Waals surface area contributed by atoms with E-state index in [1.54, 1.807) is 0 Å². The van der Waals surface area contributed by atoms with Gasteiger partial charge in [0.25, 0.3) is 6.43 Å². The number of ether oxygens (including phenoxy) is 1. The van der Waals surface area contributed by atoms with Gasteiger partial charge in [-0.05, 0) is 0 Å². The molecular weight excluding hydrogens is 263 g/mol. The zero-order valence-corrected chi connectivity index (χ0v) is 8.89. The highest BCUT2D eigenvalue weighted by Crippen LogP contribution is 2.39. The van der Waals surface area contributed by atoms with E-state index >= 15 is 0 Å². The van der Waals surface area contributed by atoms with E-state index in [-0.39, 0.29) is 0 Å². The number of carbonyl (C=O) groups excluding carboxylic acids is 1. The molecule has 9 heteroatoms. The molecule has 18 heavy (non-hydrogen) atoms. The number of nitrogen functional groups attached to an aromatic ring is 1. The average molecular weight is 270 g/mol. The van der Waals surface area contributed by atoms with Crippen LogP contribution in [-0.2, 0) is 10.9 Å². The molecule has 100 valence electrons. The Morgan fingerprint density at radius 1 is 1.44 bits per heavy atom. The van der Waals surface area contributed by atoms with Crippen LogP contribution in [0.2, 0.25) is 0 Å². The third-order valence-corrected chi connectivity index (χ3v) is 2.02. The molecule has 0 aliphatic rings. The SMILES string of the molecule is COC(=O)c1c(C(F)F)ncc(N)c1C(F)(F)F. The summed E-state index contributed by atoms with van der Waals surface area (Å²) in [6.45, 7) is 0. The second kappa shape index (κ2) is 4.75. The Morgan fingerprint density at radius 3 is 2.39 bits per heavy atom. The van der Waals surface area contributed by atoms with Crippen LogP contribution in [0.25, 0.3) is 0 Å². The number of hydrogen-bond acceptors (Lipinski definition) is 4. The van der Waals surface area contributed by atoms with Crippen LogP contribution >= 0.6 is 0 Å². The molecular formula is C9H7F5N2O2. The quantitative estimate of drug-likeness (QED) is 0.662. The van der Waals surface area contributed by atoms with Gasteiger partial charge in [0.2, 0.25) is 0 Å². The van der Waals surface area contributed by atoms with Crippen molar-refractivity contribution in [1.82, 2.24) is 4.98 Å². The summed E-state index contributed by atoms with van der Waals surface area (Å²) in [5.41, 5.74) is -0.234. The average Bonchev–Trinajstić information content (AvgIpc) is 2.25. The van der Waals surface area contributed by atoms with Gasteiger partial charge in [0.1, 0.15) is 11.3 Å². The number of halogens is 5. The Balaban J connectivity index is 3.67. The van der Waals surface area contributed by atoms with Gasteiger partial charge in [-0.3, -0.25) is 4.98 Å². The van der Waals surface area contributed by atoms with Crippen molar-refractivity contribution in [2.75, 3.05) is 12.8 Å². The van der Waals surface area contributed by atoms with Crippen molar-refractivity contribution < 1.29 is 31.5 Å². The first-order valence-corrected chi connectivity index (χ1v) is 4.42. The Labute approximate surface area is 97.6 Å². The molecule has 2 N–H and O–H groups in total. The number of carbonyl (C=O) groups is 1. The minimum atomic E-state index is -5.07. The third kappa shape index (κ3) is 2.49. The zero-order valence-electron chi connectivity index (χ0n) is 8.89. The van der Waals surface area contributed by atoms with Crippen LogP contribution in [0.4, 0.5) is 27.6 Å². The van der Waals surface area contributed by atoms with Crippen LogP contribution in [0.5, 0.6) is 0 Å². The van der Waals surface area contributed by atoms with E-state index in [0.717, 1.165) is 7.11 Å². The Kier molecular flexibility index (Phi) is 3.73. The molecule has 0 aliphatic heterocycles. The molecule has 0 aromatic carbocycles. The van der Waals surface area contributed by atoms with Crippen LogP contribution in [0.1, 0.15) is 28.0 Å². The summed E-state index contributed by atoms with van der Waals surface area (Å²) in [6.07, 6.45) is -8.00. The summed E-state index contributed by atoms with van der Waals surface area (Å²) in [7, 11) is 0.765. The fraction of sp³-hybridized carbons (Fsp3) is 0.333. The van der Waals surface area contributed by atoms with E-state index in [4.69, 9.17) is 5.73 Å². The summed E-state index contributed by atoms with van der Waals surface area (Å²) in [4.78, 5) is 14.3. The summed E-state index contributed by atoms with van der Waals surface area (Å²) < 4.78 is 67.2. The van der Waals surface area contributed by atoms with Gasteiger partial charge in [0, 0.05) is 0 Å². The van der Waals surface area contributed by atoms with Crippen molar-refractivity contribution >= 4 is 11.7 Å². The highest BCUT2D eigenvalue weighted by atomic mass is 19.4. The second-order valence-electron chi connectivity index (χ2n) is 3.14. The van der Waals surface area contributed by atoms with Crippen molar-refractivity contribution in [1.29, 1.82) is 0 Å². The molecule has 0 saturated heterocycles. The fourth-order valence-electron chi connectivity index (χ4n) is 1.32. The summed E-state index contributed by atoms with van der Waals surface area (Å²) in [5.74, 6) is -1.57. The largest absolute Gasteiger partial charge is 0.465 e. The van der Waals surface area contributed by atoms with E-state index < -0.39 is 41.1 Å². The van der Waals surface area contributed by atoms with Gasteiger partial charge < -0.3 is 10.5 Å². The van der Waals surface area contributed by atoms with Gasteiger partial charge in [0.05, 0.1) is 24.6 Å². The summed E-state index contributed by atoms with van der Waals surface area (Å²) >= 11 is 0. The van der Waals surface area contributed by atoms with E-state index in [2.05, 4.69) is 9.72 Å². The zero-order chi connectivity index (χ0) is 14.1. The highest BCUT2D eigenvalue weighted by molar-refractivity contribution is 5.94. The number of rotatable bonds is 2. The molecule has 0 spiro atoms. The normalized spacial score (nSPS) is 11.7. The van der Waals surface area contributed by atoms with Gasteiger partial charge >= 0.3 is 12.1 Å². The van der Waals surface area contributed by atoms with Gasteiger partial charge in [-0.2, -0.15) is 13.2 Å². The highest BCUT2D eigenvalue weighted by Gasteiger charge is 2.41. The molecule has 0 radical (unpaired) electrons. The lowest BCUT2D eigenvalue weighted by atomic mass is 10.0. The smallest absolute Gasteiger partial charge is 0.419 e. The van der Waals surface area contributed by atoms with Crippen LogP contribution in [-0.4, -0.2) is 18.1 Å². The molecule has 1 aromatic heterocycles. The Bertz CT molecular complexity index is 473. The third-order valence-electron chi connectivity index (χ3n) is 2.02. The molecule has 0 fully saturated rings. The van der Waals surface area contributed by atoms with Crippen LogP contribution in [0, 0.1) is 0 Å². The molecule has 1 rings (SSSR count). The minimum absolute atomic E-state index is 0.427. The fourth-order valence-corrected chi connectivity index (χ4v) is 1.32. The first-order valence-electron chi connectivity index (χ1n) is 4.42. The van der Waals surface area contributed by atoms with Gasteiger partial charge in [-0.25, -0.2) is 13.6 Å². The number of hydrogen-bond donors (Lipinski definition) is 1. The summed E-state index contributed by atoms with van der Waals surface area (Å²) in [5, 5.41) is 0. The van der Waals surface area contributed by atoms with Crippen LogP contribution < -0.4 is 5.73 Å². The first-order chi connectivity index (χ1) is 8.20. The second-order valence-corrected chi connectivity index (χ2v) is 3.14. The Hall–Kier alpha value is -1.93. The number of nitrogens with zero attached hydrogens (tertiary/aromatic N) is 1. The maximum absolute atomic E-state index is 12.7. The molecule has 0 saturated carbocycles. The maximum atomic E-state index is 12.7. The molecule has 0 aliphatic carbocycles. The topological polar surface area (TPSA) is 65.2 Å². The number of pyridine rings is 1. The number of esters is 1. The van der Waals surface area contributed by atoms with Crippen LogP contribution in [0.3, 0.4) is 0 Å². The lowest BCUT2D eigenvalue weighted by molar-refractivity contribution is -0.137. The van der Waals surface area contributed by atoms with E-state index in [1.807, 2.05) is 0 Å². The molecule has 0 unspecified atom stereocenters. The monoisotopic (exact) mass is 270 g/mol. The van der Waals surface area contributed by atoms with Gasteiger partial charge in [-0.1, -0.05) is 0 Å². The number of aromatic nitrogens is 1. The van der Waals surface area contributed by atoms with Gasteiger partial charge in [-0.15, -0.1) is 0 Å². The van der Waals surface area contributed by atoms with Crippen molar-refractivity contribution in [3.05, 3.63) is 23.0 Å². The van der Waals surface area contributed by atoms with Crippen molar-refractivity contribution in [2.24, 2.45) is 0 Å². The predicted molar refractivity (Wildman–Crippen MR) is 49.9 cm³/mol. The van der Waals surface area contributed by atoms with Gasteiger partial charge in [0.15, 0.2) is 0 Å². The number of methoxy groups -OCH3 is 1. The number of anilines is 1. The maximum Gasteiger partial charge on any atom is 0.419 e. The summed E-state index contributed by atoms with van der Waals surface area (Å²) in [6, 6.07) is 0. The van der Waals surface area contributed by atoms with E-state index in [9.17, 15) is 26.7 Å². The molecule has 1 aromatic rings. The number of nitrogens with two attached hydrogens (primary N) is 1. The van der Waals surface area contributed by atoms with E-state index in [0.29, 0.717) is 6.20 Å².